The van der Waals surface area contributed by atoms with Crippen LogP contribution >= 0.6 is 0 Å². The molecule has 2 rings (SSSR count). The summed E-state index contributed by atoms with van der Waals surface area (Å²) in [4.78, 5) is 10.8. The van der Waals surface area contributed by atoms with Crippen molar-refractivity contribution in [2.45, 2.75) is 26.8 Å². The monoisotopic (exact) mass is 244 g/mol. The molecular formula is C14H16N2O2. The van der Waals surface area contributed by atoms with Gasteiger partial charge in [0.1, 0.15) is 0 Å². The van der Waals surface area contributed by atoms with E-state index in [9.17, 15) is 4.79 Å². The largest absolute Gasteiger partial charge is 0.478 e. The summed E-state index contributed by atoms with van der Waals surface area (Å²) >= 11 is 0. The van der Waals surface area contributed by atoms with E-state index in [2.05, 4.69) is 12.0 Å². The molecule has 1 aromatic carbocycles. The van der Waals surface area contributed by atoms with Gasteiger partial charge in [0.25, 0.3) is 0 Å². The van der Waals surface area contributed by atoms with Crippen LogP contribution in [0.15, 0.2) is 30.5 Å². The Morgan fingerprint density at radius 3 is 2.56 bits per heavy atom. The Morgan fingerprint density at radius 1 is 1.33 bits per heavy atom. The first-order chi connectivity index (χ1) is 8.63. The number of carboxylic acids is 1. The van der Waals surface area contributed by atoms with Gasteiger partial charge < -0.3 is 5.11 Å². The molecule has 0 bridgehead atoms. The van der Waals surface area contributed by atoms with Gasteiger partial charge in [0.05, 0.1) is 11.8 Å². The highest BCUT2D eigenvalue weighted by Gasteiger charge is 2.09. The zero-order valence-electron chi connectivity index (χ0n) is 10.6. The van der Waals surface area contributed by atoms with Crippen molar-refractivity contribution in [3.8, 4) is 11.1 Å². The number of hydrogen-bond acceptors (Lipinski definition) is 2. The van der Waals surface area contributed by atoms with Crippen molar-refractivity contribution in [1.82, 2.24) is 9.78 Å². The molecule has 18 heavy (non-hydrogen) atoms. The lowest BCUT2D eigenvalue weighted by Crippen LogP contribution is -2.01. The van der Waals surface area contributed by atoms with Gasteiger partial charge in [0.15, 0.2) is 0 Å². The predicted octanol–water partition coefficient (Wildman–Crippen LogP) is 2.97. The van der Waals surface area contributed by atoms with Crippen LogP contribution in [0, 0.1) is 6.92 Å². The maximum atomic E-state index is 10.8. The number of aryl methyl sites for hydroxylation is 1. The summed E-state index contributed by atoms with van der Waals surface area (Å²) in [5.41, 5.74) is 3.47. The second-order valence-electron chi connectivity index (χ2n) is 4.25. The van der Waals surface area contributed by atoms with Gasteiger partial charge in [-0.3, -0.25) is 4.68 Å². The van der Waals surface area contributed by atoms with Gasteiger partial charge in [-0.2, -0.15) is 5.10 Å². The van der Waals surface area contributed by atoms with Crippen LogP contribution in [0.5, 0.6) is 0 Å². The number of aromatic carboxylic acids is 1. The number of carbonyl (C=O) groups is 1. The SMILES string of the molecule is CCCn1ncc(-c2ccc(C(=O)O)cc2)c1C. The molecule has 0 spiro atoms. The molecular weight excluding hydrogens is 228 g/mol. The van der Waals surface area contributed by atoms with Crippen molar-refractivity contribution in [2.75, 3.05) is 0 Å². The fourth-order valence-corrected chi connectivity index (χ4v) is 1.96. The number of hydrogen-bond donors (Lipinski definition) is 1. The molecule has 2 aromatic rings. The number of benzene rings is 1. The van der Waals surface area contributed by atoms with Crippen LogP contribution in [0.25, 0.3) is 11.1 Å². The number of rotatable bonds is 4. The molecule has 0 atom stereocenters. The fraction of sp³-hybridized carbons (Fsp3) is 0.286. The molecule has 94 valence electrons. The van der Waals surface area contributed by atoms with Crippen LogP contribution in [0.2, 0.25) is 0 Å². The zero-order chi connectivity index (χ0) is 13.1. The lowest BCUT2D eigenvalue weighted by molar-refractivity contribution is 0.0697. The quantitative estimate of drug-likeness (QED) is 0.899. The van der Waals surface area contributed by atoms with E-state index >= 15 is 0 Å². The highest BCUT2D eigenvalue weighted by atomic mass is 16.4. The van der Waals surface area contributed by atoms with Gasteiger partial charge in [-0.1, -0.05) is 19.1 Å². The van der Waals surface area contributed by atoms with Crippen LogP contribution in [0.4, 0.5) is 0 Å². The van der Waals surface area contributed by atoms with E-state index in [0.717, 1.165) is 29.8 Å². The van der Waals surface area contributed by atoms with Crippen molar-refractivity contribution >= 4 is 5.97 Å². The van der Waals surface area contributed by atoms with Gasteiger partial charge in [-0.25, -0.2) is 4.79 Å². The number of nitrogens with zero attached hydrogens (tertiary/aromatic N) is 2. The van der Waals surface area contributed by atoms with Crippen molar-refractivity contribution < 1.29 is 9.90 Å². The second kappa shape index (κ2) is 5.04. The smallest absolute Gasteiger partial charge is 0.335 e. The molecule has 0 radical (unpaired) electrons. The Labute approximate surface area is 106 Å². The van der Waals surface area contributed by atoms with E-state index in [0.29, 0.717) is 5.56 Å². The van der Waals surface area contributed by atoms with E-state index in [4.69, 9.17) is 5.11 Å². The summed E-state index contributed by atoms with van der Waals surface area (Å²) in [7, 11) is 0. The lowest BCUT2D eigenvalue weighted by atomic mass is 10.0. The predicted molar refractivity (Wildman–Crippen MR) is 69.7 cm³/mol. The maximum Gasteiger partial charge on any atom is 0.335 e. The topological polar surface area (TPSA) is 55.1 Å². The van der Waals surface area contributed by atoms with Crippen molar-refractivity contribution in [3.63, 3.8) is 0 Å². The molecule has 0 fully saturated rings. The lowest BCUT2D eigenvalue weighted by Gasteiger charge is -2.04. The summed E-state index contributed by atoms with van der Waals surface area (Å²) in [6, 6.07) is 6.88. The van der Waals surface area contributed by atoms with E-state index in [1.165, 1.54) is 0 Å². The van der Waals surface area contributed by atoms with Crippen molar-refractivity contribution in [1.29, 1.82) is 0 Å². The molecule has 0 unspecified atom stereocenters. The van der Waals surface area contributed by atoms with Crippen LogP contribution in [-0.2, 0) is 6.54 Å². The summed E-state index contributed by atoms with van der Waals surface area (Å²) in [6.07, 6.45) is 2.88. The summed E-state index contributed by atoms with van der Waals surface area (Å²) in [5, 5.41) is 13.2. The first-order valence-electron chi connectivity index (χ1n) is 5.99. The first-order valence-corrected chi connectivity index (χ1v) is 5.99. The molecule has 1 N–H and O–H groups in total. The molecule has 0 aliphatic rings. The highest BCUT2D eigenvalue weighted by Crippen LogP contribution is 2.23. The van der Waals surface area contributed by atoms with E-state index in [1.807, 2.05) is 29.9 Å². The molecule has 0 aliphatic heterocycles. The second-order valence-corrected chi connectivity index (χ2v) is 4.25. The van der Waals surface area contributed by atoms with Gasteiger partial charge in [0.2, 0.25) is 0 Å². The van der Waals surface area contributed by atoms with E-state index < -0.39 is 5.97 Å². The molecule has 0 saturated carbocycles. The Kier molecular flexibility index (Phi) is 3.46. The average Bonchev–Trinajstić information content (AvgIpc) is 2.72. The molecule has 1 aromatic heterocycles. The third kappa shape index (κ3) is 2.27. The maximum absolute atomic E-state index is 10.8. The molecule has 0 saturated heterocycles. The Bertz CT molecular complexity index is 556. The summed E-state index contributed by atoms with van der Waals surface area (Å²) in [6.45, 7) is 5.05. The van der Waals surface area contributed by atoms with Crippen LogP contribution in [-0.4, -0.2) is 20.9 Å². The van der Waals surface area contributed by atoms with Crippen LogP contribution in [0.3, 0.4) is 0 Å². The third-order valence-corrected chi connectivity index (χ3v) is 2.98. The van der Waals surface area contributed by atoms with Gasteiger partial charge in [0, 0.05) is 17.8 Å². The van der Waals surface area contributed by atoms with Gasteiger partial charge in [-0.15, -0.1) is 0 Å². The average molecular weight is 244 g/mol. The molecule has 4 nitrogen and oxygen atoms in total. The zero-order valence-corrected chi connectivity index (χ0v) is 10.6. The van der Waals surface area contributed by atoms with Gasteiger partial charge in [-0.05, 0) is 31.0 Å². The first kappa shape index (κ1) is 12.4. The minimum Gasteiger partial charge on any atom is -0.478 e. The van der Waals surface area contributed by atoms with Crippen LogP contribution < -0.4 is 0 Å². The Hall–Kier alpha value is -2.10. The Balaban J connectivity index is 2.34. The van der Waals surface area contributed by atoms with E-state index in [1.54, 1.807) is 12.1 Å². The van der Waals surface area contributed by atoms with Crippen molar-refractivity contribution in [3.05, 3.63) is 41.7 Å². The summed E-state index contributed by atoms with van der Waals surface area (Å²) < 4.78 is 1.97. The Morgan fingerprint density at radius 2 is 2.00 bits per heavy atom. The highest BCUT2D eigenvalue weighted by molar-refractivity contribution is 5.88. The third-order valence-electron chi connectivity index (χ3n) is 2.98. The van der Waals surface area contributed by atoms with Gasteiger partial charge >= 0.3 is 5.97 Å². The molecule has 4 heteroatoms. The molecule has 1 heterocycles. The minimum atomic E-state index is -0.903. The standard InChI is InChI=1S/C14H16N2O2/c1-3-8-16-10(2)13(9-15-16)11-4-6-12(7-5-11)14(17)18/h4-7,9H,3,8H2,1-2H3,(H,17,18). The van der Waals surface area contributed by atoms with Crippen molar-refractivity contribution in [2.24, 2.45) is 0 Å². The fourth-order valence-electron chi connectivity index (χ4n) is 1.96. The molecule has 0 amide bonds. The van der Waals surface area contributed by atoms with E-state index in [-0.39, 0.29) is 0 Å². The number of carboxylic acid groups (broad SMARTS) is 1. The minimum absolute atomic E-state index is 0.303. The molecule has 0 aliphatic carbocycles. The number of aromatic nitrogens is 2. The van der Waals surface area contributed by atoms with Crippen LogP contribution in [0.1, 0.15) is 29.4 Å². The normalized spacial score (nSPS) is 10.6. The summed E-state index contributed by atoms with van der Waals surface area (Å²) in [5.74, 6) is -0.903.